The van der Waals surface area contributed by atoms with Gasteiger partial charge in [0.1, 0.15) is 0 Å². The molecule has 0 amide bonds. The van der Waals surface area contributed by atoms with Crippen molar-refractivity contribution >= 4 is 12.4 Å². The molecule has 1 aliphatic heterocycles. The van der Waals surface area contributed by atoms with Gasteiger partial charge in [0.05, 0.1) is 0 Å². The first-order chi connectivity index (χ1) is 7.96. The van der Waals surface area contributed by atoms with E-state index < -0.39 is 0 Å². The van der Waals surface area contributed by atoms with Crippen molar-refractivity contribution in [2.45, 2.75) is 32.7 Å². The molecule has 2 N–H and O–H groups in total. The van der Waals surface area contributed by atoms with Crippen LogP contribution in [-0.4, -0.2) is 30.6 Å². The van der Waals surface area contributed by atoms with Crippen LogP contribution in [-0.2, 0) is 0 Å². The lowest BCUT2D eigenvalue weighted by Crippen LogP contribution is -2.33. The van der Waals surface area contributed by atoms with Crippen LogP contribution in [0.2, 0.25) is 0 Å². The van der Waals surface area contributed by atoms with E-state index in [9.17, 15) is 0 Å². The zero-order valence-corrected chi connectivity index (χ0v) is 12.4. The molecule has 1 fully saturated rings. The van der Waals surface area contributed by atoms with Crippen LogP contribution in [0.15, 0.2) is 30.3 Å². The van der Waals surface area contributed by atoms with Crippen LogP contribution in [0.25, 0.3) is 0 Å². The Morgan fingerprint density at radius 2 is 1.78 bits per heavy atom. The highest BCUT2D eigenvalue weighted by molar-refractivity contribution is 5.85. The second kappa shape index (κ2) is 6.05. The van der Waals surface area contributed by atoms with Crippen LogP contribution in [0.5, 0.6) is 0 Å². The van der Waals surface area contributed by atoms with Gasteiger partial charge in [0.2, 0.25) is 0 Å². The lowest BCUT2D eigenvalue weighted by molar-refractivity contribution is 0.223. The van der Waals surface area contributed by atoms with E-state index in [1.165, 1.54) is 5.56 Å². The fourth-order valence-electron chi connectivity index (χ4n) is 2.77. The average molecular weight is 269 g/mol. The first-order valence-corrected chi connectivity index (χ1v) is 6.48. The van der Waals surface area contributed by atoms with Gasteiger partial charge >= 0.3 is 0 Å². The number of halogens is 1. The maximum Gasteiger partial charge on any atom is 0.0249 e. The number of hydrogen-bond donors (Lipinski definition) is 1. The van der Waals surface area contributed by atoms with E-state index >= 15 is 0 Å². The highest BCUT2D eigenvalue weighted by Gasteiger charge is 2.32. The normalized spacial score (nSPS) is 24.9. The molecule has 2 nitrogen and oxygen atoms in total. The summed E-state index contributed by atoms with van der Waals surface area (Å²) in [4.78, 5) is 2.50. The molecule has 1 aliphatic rings. The fraction of sp³-hybridized carbons (Fsp3) is 0.600. The van der Waals surface area contributed by atoms with Gasteiger partial charge in [-0.25, -0.2) is 0 Å². The maximum atomic E-state index is 6.28. The molecule has 3 heteroatoms. The highest BCUT2D eigenvalue weighted by Crippen LogP contribution is 2.28. The van der Waals surface area contributed by atoms with Crippen molar-refractivity contribution in [1.29, 1.82) is 0 Å². The molecule has 1 aromatic rings. The number of likely N-dealkylation sites (tertiary alicyclic amines) is 1. The molecule has 18 heavy (non-hydrogen) atoms. The molecule has 0 radical (unpaired) electrons. The lowest BCUT2D eigenvalue weighted by atomic mass is 9.95. The Morgan fingerprint density at radius 1 is 1.17 bits per heavy atom. The Bertz CT molecular complexity index is 359. The van der Waals surface area contributed by atoms with Crippen LogP contribution >= 0.6 is 12.4 Å². The SMILES string of the molecule is CC(C)(C)CN1C[C@@H](N)[C@H](c2ccccc2)C1.Cl. The molecule has 1 saturated heterocycles. The number of benzene rings is 1. The molecule has 0 unspecified atom stereocenters. The number of nitrogens with two attached hydrogens (primary N) is 1. The van der Waals surface area contributed by atoms with E-state index in [0.29, 0.717) is 11.3 Å². The molecule has 0 aromatic heterocycles. The number of hydrogen-bond acceptors (Lipinski definition) is 2. The predicted molar refractivity (Wildman–Crippen MR) is 80.3 cm³/mol. The summed E-state index contributed by atoms with van der Waals surface area (Å²) < 4.78 is 0. The minimum Gasteiger partial charge on any atom is -0.326 e. The molecule has 0 saturated carbocycles. The summed E-state index contributed by atoms with van der Waals surface area (Å²) in [5.74, 6) is 0.499. The van der Waals surface area contributed by atoms with Crippen molar-refractivity contribution in [2.24, 2.45) is 11.1 Å². The molecule has 1 aromatic carbocycles. The quantitative estimate of drug-likeness (QED) is 0.894. The second-order valence-electron chi connectivity index (χ2n) is 6.44. The molecule has 0 spiro atoms. The summed E-state index contributed by atoms with van der Waals surface area (Å²) in [6.45, 7) is 10.1. The van der Waals surface area contributed by atoms with E-state index in [1.807, 2.05) is 0 Å². The predicted octanol–water partition coefficient (Wildman–Crippen LogP) is 2.88. The van der Waals surface area contributed by atoms with E-state index in [4.69, 9.17) is 5.73 Å². The number of nitrogens with zero attached hydrogens (tertiary/aromatic N) is 1. The Hall–Kier alpha value is -0.570. The second-order valence-corrected chi connectivity index (χ2v) is 6.44. The summed E-state index contributed by atoms with van der Waals surface area (Å²) in [5.41, 5.74) is 8.02. The van der Waals surface area contributed by atoms with E-state index in [2.05, 4.69) is 56.0 Å². The summed E-state index contributed by atoms with van der Waals surface area (Å²) in [6, 6.07) is 11.0. The van der Waals surface area contributed by atoms with E-state index in [0.717, 1.165) is 19.6 Å². The molecule has 0 bridgehead atoms. The Labute approximate surface area is 117 Å². The lowest BCUT2D eigenvalue weighted by Gasteiger charge is -2.26. The smallest absolute Gasteiger partial charge is 0.0249 e. The fourth-order valence-corrected chi connectivity index (χ4v) is 2.77. The average Bonchev–Trinajstić information content (AvgIpc) is 2.58. The first-order valence-electron chi connectivity index (χ1n) is 6.48. The van der Waals surface area contributed by atoms with E-state index in [1.54, 1.807) is 0 Å². The zero-order chi connectivity index (χ0) is 12.5. The maximum absolute atomic E-state index is 6.28. The van der Waals surface area contributed by atoms with Crippen LogP contribution < -0.4 is 5.73 Å². The van der Waals surface area contributed by atoms with Crippen LogP contribution in [0.4, 0.5) is 0 Å². The topological polar surface area (TPSA) is 29.3 Å². The van der Waals surface area contributed by atoms with Gasteiger partial charge in [0, 0.05) is 31.6 Å². The minimum absolute atomic E-state index is 0. The molecule has 2 atom stereocenters. The summed E-state index contributed by atoms with van der Waals surface area (Å²) in [7, 11) is 0. The molecule has 102 valence electrons. The van der Waals surface area contributed by atoms with Gasteiger partial charge in [-0.3, -0.25) is 0 Å². The summed E-state index contributed by atoms with van der Waals surface area (Å²) in [5, 5.41) is 0. The van der Waals surface area contributed by atoms with Gasteiger partial charge in [-0.2, -0.15) is 0 Å². The van der Waals surface area contributed by atoms with Gasteiger partial charge in [0.15, 0.2) is 0 Å². The number of rotatable bonds is 2. The minimum atomic E-state index is 0. The van der Waals surface area contributed by atoms with Gasteiger partial charge in [0.25, 0.3) is 0 Å². The highest BCUT2D eigenvalue weighted by atomic mass is 35.5. The molecular weight excluding hydrogens is 244 g/mol. The van der Waals surface area contributed by atoms with Crippen molar-refractivity contribution in [3.8, 4) is 0 Å². The molecule has 2 rings (SSSR count). The van der Waals surface area contributed by atoms with Crippen molar-refractivity contribution in [2.75, 3.05) is 19.6 Å². The van der Waals surface area contributed by atoms with Gasteiger partial charge in [-0.05, 0) is 11.0 Å². The Kier molecular flexibility index (Phi) is 5.20. The van der Waals surface area contributed by atoms with Crippen molar-refractivity contribution < 1.29 is 0 Å². The summed E-state index contributed by atoms with van der Waals surface area (Å²) >= 11 is 0. The van der Waals surface area contributed by atoms with Crippen molar-refractivity contribution in [3.63, 3.8) is 0 Å². The third kappa shape index (κ3) is 3.98. The third-order valence-electron chi connectivity index (χ3n) is 3.37. The standard InChI is InChI=1S/C15H24N2.ClH/c1-15(2,3)11-17-9-13(14(16)10-17)12-7-5-4-6-8-12;/h4-8,13-14H,9-11,16H2,1-3H3;1H/t13-,14+;/m0./s1. The van der Waals surface area contributed by atoms with Crippen molar-refractivity contribution in [1.82, 2.24) is 4.90 Å². The largest absolute Gasteiger partial charge is 0.326 e. The Balaban J connectivity index is 0.00000162. The first kappa shape index (κ1) is 15.5. The van der Waals surface area contributed by atoms with E-state index in [-0.39, 0.29) is 18.4 Å². The molecular formula is C15H25ClN2. The van der Waals surface area contributed by atoms with Crippen LogP contribution in [0, 0.1) is 5.41 Å². The van der Waals surface area contributed by atoms with Crippen LogP contribution in [0.1, 0.15) is 32.3 Å². The monoisotopic (exact) mass is 268 g/mol. The van der Waals surface area contributed by atoms with Gasteiger partial charge < -0.3 is 10.6 Å². The van der Waals surface area contributed by atoms with Gasteiger partial charge in [-0.15, -0.1) is 12.4 Å². The zero-order valence-electron chi connectivity index (χ0n) is 11.6. The Morgan fingerprint density at radius 3 is 2.33 bits per heavy atom. The van der Waals surface area contributed by atoms with Gasteiger partial charge in [-0.1, -0.05) is 51.1 Å². The van der Waals surface area contributed by atoms with Crippen molar-refractivity contribution in [3.05, 3.63) is 35.9 Å². The molecule has 1 heterocycles. The molecule has 0 aliphatic carbocycles. The summed E-state index contributed by atoms with van der Waals surface area (Å²) in [6.07, 6.45) is 0. The third-order valence-corrected chi connectivity index (χ3v) is 3.37. The van der Waals surface area contributed by atoms with Crippen LogP contribution in [0.3, 0.4) is 0 Å².